The Morgan fingerprint density at radius 2 is 1.66 bits per heavy atom. The molecule has 1 aliphatic heterocycles. The number of nitrogens with zero attached hydrogens (tertiary/aromatic N) is 2. The van der Waals surface area contributed by atoms with Gasteiger partial charge in [-0.3, -0.25) is 19.3 Å². The Kier molecular flexibility index (Phi) is 8.37. The summed E-state index contributed by atoms with van der Waals surface area (Å²) in [5.41, 5.74) is 0.662. The average molecular weight is 456 g/mol. The first-order valence-corrected chi connectivity index (χ1v) is 11.2. The van der Waals surface area contributed by atoms with Gasteiger partial charge in [0.2, 0.25) is 11.7 Å². The molecule has 1 saturated heterocycles. The topological polar surface area (TPSA) is 87.0 Å². The zero-order chi connectivity index (χ0) is 23.1. The van der Waals surface area contributed by atoms with Crippen LogP contribution in [-0.4, -0.2) is 52.8 Å². The number of Topliss-reactive ketones (excluding diaryl/α,β-unsaturated/α-hetero) is 2. The first-order chi connectivity index (χ1) is 15.3. The molecule has 0 saturated carbocycles. The fourth-order valence-corrected chi connectivity index (χ4v) is 3.74. The Labute approximate surface area is 188 Å². The Balaban J connectivity index is 1.66. The summed E-state index contributed by atoms with van der Waals surface area (Å²) >= 11 is 0. The Hall–Kier alpha value is -2.76. The molecule has 1 heterocycles. The van der Waals surface area contributed by atoms with Gasteiger partial charge in [-0.2, -0.15) is 0 Å². The van der Waals surface area contributed by atoms with Gasteiger partial charge in [-0.25, -0.2) is 9.38 Å². The summed E-state index contributed by atoms with van der Waals surface area (Å²) in [5, 5.41) is 10.4. The van der Waals surface area contributed by atoms with Crippen molar-refractivity contribution in [2.75, 3.05) is 19.6 Å². The zero-order valence-corrected chi connectivity index (χ0v) is 18.9. The lowest BCUT2D eigenvalue weighted by Crippen LogP contribution is -2.32. The van der Waals surface area contributed by atoms with Crippen molar-refractivity contribution in [3.8, 4) is 5.75 Å². The molecule has 0 aromatic heterocycles. The standard InChI is InChI=1S/C24H26FN2O4P/c25-19-14-17(8-11-22(19)29)24(31)20(15-27-12-1-2-13-27)26-23(30)5-3-4-21(28)16-6-9-18(32)10-7-16/h6-11,14,29H,1-5,12-13,15,32H2. The van der Waals surface area contributed by atoms with E-state index in [9.17, 15) is 23.9 Å². The molecule has 2 aromatic carbocycles. The first-order valence-electron chi connectivity index (χ1n) is 10.6. The lowest BCUT2D eigenvalue weighted by atomic mass is 10.0. The van der Waals surface area contributed by atoms with Crippen molar-refractivity contribution in [2.24, 2.45) is 4.99 Å². The number of carbonyl (C=O) groups is 3. The predicted octanol–water partition coefficient (Wildman–Crippen LogP) is 3.33. The number of likely N-dealkylation sites (tertiary alicyclic amines) is 1. The quantitative estimate of drug-likeness (QED) is 0.355. The third-order valence-electron chi connectivity index (χ3n) is 5.33. The number of rotatable bonds is 9. The van der Waals surface area contributed by atoms with Gasteiger partial charge < -0.3 is 5.11 Å². The number of hydrogen-bond acceptors (Lipinski definition) is 5. The minimum atomic E-state index is -0.907. The van der Waals surface area contributed by atoms with Gasteiger partial charge in [0.25, 0.3) is 0 Å². The van der Waals surface area contributed by atoms with Gasteiger partial charge in [0.05, 0.1) is 0 Å². The summed E-state index contributed by atoms with van der Waals surface area (Å²) < 4.78 is 13.7. The van der Waals surface area contributed by atoms with Crippen LogP contribution in [0.1, 0.15) is 52.8 Å². The monoisotopic (exact) mass is 456 g/mol. The highest BCUT2D eigenvalue weighted by Crippen LogP contribution is 2.18. The second kappa shape index (κ2) is 11.2. The average Bonchev–Trinajstić information content (AvgIpc) is 3.28. The normalized spacial score (nSPS) is 14.5. The fraction of sp³-hybridized carbons (Fsp3) is 0.333. The molecule has 3 rings (SSSR count). The summed E-state index contributed by atoms with van der Waals surface area (Å²) in [6.45, 7) is 1.80. The van der Waals surface area contributed by atoms with E-state index in [-0.39, 0.29) is 36.4 Å². The fourth-order valence-electron chi connectivity index (χ4n) is 3.55. The van der Waals surface area contributed by atoms with Crippen molar-refractivity contribution >= 4 is 37.7 Å². The number of benzene rings is 2. The van der Waals surface area contributed by atoms with Gasteiger partial charge in [-0.05, 0) is 55.9 Å². The van der Waals surface area contributed by atoms with Crippen LogP contribution < -0.4 is 5.30 Å². The molecule has 168 valence electrons. The number of aliphatic imine (C=N–C) groups is 1. The smallest absolute Gasteiger partial charge is 0.246 e. The lowest BCUT2D eigenvalue weighted by molar-refractivity contribution is -0.117. The van der Waals surface area contributed by atoms with Crippen LogP contribution in [0.3, 0.4) is 0 Å². The van der Waals surface area contributed by atoms with Crippen LogP contribution in [0, 0.1) is 5.82 Å². The van der Waals surface area contributed by atoms with E-state index in [0.717, 1.165) is 43.4 Å². The van der Waals surface area contributed by atoms with Crippen LogP contribution in [-0.2, 0) is 4.79 Å². The van der Waals surface area contributed by atoms with Crippen LogP contribution in [0.25, 0.3) is 0 Å². The van der Waals surface area contributed by atoms with E-state index in [0.29, 0.717) is 12.0 Å². The Morgan fingerprint density at radius 1 is 1.00 bits per heavy atom. The van der Waals surface area contributed by atoms with Crippen molar-refractivity contribution in [3.63, 3.8) is 0 Å². The number of phenolic OH excluding ortho intramolecular Hbond substituents is 1. The Bertz CT molecular complexity index is 1030. The number of halogens is 1. The second-order valence-electron chi connectivity index (χ2n) is 7.83. The maximum atomic E-state index is 13.7. The summed E-state index contributed by atoms with van der Waals surface area (Å²) in [6, 6.07) is 10.5. The third-order valence-corrected chi connectivity index (χ3v) is 5.72. The number of aromatic hydroxyl groups is 1. The van der Waals surface area contributed by atoms with Crippen molar-refractivity contribution in [2.45, 2.75) is 32.1 Å². The minimum absolute atomic E-state index is 0.0266. The van der Waals surface area contributed by atoms with Gasteiger partial charge in [0.1, 0.15) is 5.71 Å². The molecule has 1 N–H and O–H groups in total. The second-order valence-corrected chi connectivity index (χ2v) is 8.50. The van der Waals surface area contributed by atoms with Gasteiger partial charge in [0.15, 0.2) is 17.3 Å². The number of ketones is 2. The van der Waals surface area contributed by atoms with E-state index in [1.807, 2.05) is 17.0 Å². The molecule has 32 heavy (non-hydrogen) atoms. The summed E-state index contributed by atoms with van der Waals surface area (Å²) in [7, 11) is 2.56. The highest BCUT2D eigenvalue weighted by Gasteiger charge is 2.22. The third kappa shape index (κ3) is 6.62. The van der Waals surface area contributed by atoms with E-state index in [1.54, 1.807) is 12.1 Å². The molecule has 1 atom stereocenters. The predicted molar refractivity (Wildman–Crippen MR) is 124 cm³/mol. The molecular weight excluding hydrogens is 430 g/mol. The Morgan fingerprint density at radius 3 is 2.31 bits per heavy atom. The SMILES string of the molecule is O=C(CCCC(=O)c1ccc(P)cc1)N=C(CN1CCCC1)C(=O)c1ccc(O)c(F)c1. The highest BCUT2D eigenvalue weighted by molar-refractivity contribution is 7.27. The molecule has 0 radical (unpaired) electrons. The van der Waals surface area contributed by atoms with Gasteiger partial charge in [0, 0.05) is 30.5 Å². The maximum Gasteiger partial charge on any atom is 0.246 e. The van der Waals surface area contributed by atoms with Crippen molar-refractivity contribution < 1.29 is 23.9 Å². The number of hydrogen-bond donors (Lipinski definition) is 1. The van der Waals surface area contributed by atoms with Gasteiger partial charge in [-0.1, -0.05) is 24.3 Å². The van der Waals surface area contributed by atoms with Crippen LogP contribution in [0.15, 0.2) is 47.5 Å². The molecule has 0 bridgehead atoms. The molecule has 1 unspecified atom stereocenters. The first kappa shape index (κ1) is 23.9. The van der Waals surface area contributed by atoms with Gasteiger partial charge in [-0.15, -0.1) is 9.24 Å². The van der Waals surface area contributed by atoms with E-state index < -0.39 is 23.3 Å². The molecule has 0 spiro atoms. The summed E-state index contributed by atoms with van der Waals surface area (Å²) in [4.78, 5) is 43.7. The number of carbonyl (C=O) groups excluding carboxylic acids is 3. The van der Waals surface area contributed by atoms with Crippen LogP contribution in [0.5, 0.6) is 5.75 Å². The van der Waals surface area contributed by atoms with Crippen LogP contribution >= 0.6 is 9.24 Å². The maximum absolute atomic E-state index is 13.7. The highest BCUT2D eigenvalue weighted by atomic mass is 31.0. The summed E-state index contributed by atoms with van der Waals surface area (Å²) in [5.74, 6) is -2.54. The lowest BCUT2D eigenvalue weighted by Gasteiger charge is -2.15. The molecule has 2 aromatic rings. The molecule has 1 aliphatic rings. The van der Waals surface area contributed by atoms with Gasteiger partial charge >= 0.3 is 0 Å². The molecular formula is C24H26FN2O4P. The number of phenols is 1. The van der Waals surface area contributed by atoms with Crippen molar-refractivity contribution in [1.82, 2.24) is 4.90 Å². The van der Waals surface area contributed by atoms with Crippen molar-refractivity contribution in [3.05, 3.63) is 59.4 Å². The van der Waals surface area contributed by atoms with E-state index in [1.165, 1.54) is 6.07 Å². The van der Waals surface area contributed by atoms with Crippen molar-refractivity contribution in [1.29, 1.82) is 0 Å². The largest absolute Gasteiger partial charge is 0.505 e. The zero-order valence-electron chi connectivity index (χ0n) is 17.7. The van der Waals surface area contributed by atoms with E-state index in [2.05, 4.69) is 14.2 Å². The summed E-state index contributed by atoms with van der Waals surface area (Å²) in [6.07, 6.45) is 2.57. The van der Waals surface area contributed by atoms with Crippen LogP contribution in [0.4, 0.5) is 4.39 Å². The van der Waals surface area contributed by atoms with E-state index in [4.69, 9.17) is 0 Å². The molecule has 8 heteroatoms. The minimum Gasteiger partial charge on any atom is -0.505 e. The molecule has 0 aliphatic carbocycles. The molecule has 1 amide bonds. The molecule has 1 fully saturated rings. The van der Waals surface area contributed by atoms with Crippen LogP contribution in [0.2, 0.25) is 0 Å². The van der Waals surface area contributed by atoms with E-state index >= 15 is 0 Å². The molecule has 6 nitrogen and oxygen atoms in total. The number of amides is 1.